The van der Waals surface area contributed by atoms with Gasteiger partial charge in [0.1, 0.15) is 5.52 Å². The fraction of sp³-hybridized carbons (Fsp3) is 0.0714. The second-order valence-electron chi connectivity index (χ2n) is 4.21. The monoisotopic (exact) mass is 302 g/mol. The first-order valence-corrected chi connectivity index (χ1v) is 6.35. The SMILES string of the molecule is Cc1cc(Br)cc2nc(-c3ccc(N)cc3)oc12. The first-order valence-electron chi connectivity index (χ1n) is 5.56. The van der Waals surface area contributed by atoms with Crippen molar-refractivity contribution in [3.8, 4) is 11.5 Å². The first-order chi connectivity index (χ1) is 8.63. The minimum atomic E-state index is 0.617. The fourth-order valence-electron chi connectivity index (χ4n) is 1.91. The molecule has 0 aliphatic rings. The van der Waals surface area contributed by atoms with E-state index < -0.39 is 0 Å². The molecule has 1 heterocycles. The highest BCUT2D eigenvalue weighted by Crippen LogP contribution is 2.29. The van der Waals surface area contributed by atoms with E-state index in [1.165, 1.54) is 0 Å². The molecule has 90 valence electrons. The Hall–Kier alpha value is -1.81. The lowest BCUT2D eigenvalue weighted by molar-refractivity contribution is 0.617. The molecule has 0 aliphatic carbocycles. The maximum absolute atomic E-state index is 5.81. The van der Waals surface area contributed by atoms with Crippen LogP contribution < -0.4 is 5.73 Å². The lowest BCUT2D eigenvalue weighted by Crippen LogP contribution is -1.83. The topological polar surface area (TPSA) is 52.0 Å². The molecule has 18 heavy (non-hydrogen) atoms. The third-order valence-electron chi connectivity index (χ3n) is 2.80. The quantitative estimate of drug-likeness (QED) is 0.687. The highest BCUT2D eigenvalue weighted by molar-refractivity contribution is 9.10. The van der Waals surface area contributed by atoms with Crippen molar-refractivity contribution in [2.24, 2.45) is 0 Å². The Kier molecular flexibility index (Phi) is 2.59. The number of rotatable bonds is 1. The summed E-state index contributed by atoms with van der Waals surface area (Å²) in [6.07, 6.45) is 0. The van der Waals surface area contributed by atoms with Crippen LogP contribution >= 0.6 is 15.9 Å². The summed E-state index contributed by atoms with van der Waals surface area (Å²) in [4.78, 5) is 4.50. The summed E-state index contributed by atoms with van der Waals surface area (Å²) in [6.45, 7) is 2.00. The molecule has 3 aromatic rings. The molecule has 0 bridgehead atoms. The van der Waals surface area contributed by atoms with Gasteiger partial charge in [0.05, 0.1) is 0 Å². The van der Waals surface area contributed by atoms with E-state index in [1.54, 1.807) is 0 Å². The molecular formula is C14H11BrN2O. The summed E-state index contributed by atoms with van der Waals surface area (Å²) in [5.74, 6) is 0.617. The van der Waals surface area contributed by atoms with E-state index in [0.717, 1.165) is 32.4 Å². The molecule has 0 saturated heterocycles. The Balaban J connectivity index is 2.19. The summed E-state index contributed by atoms with van der Waals surface area (Å²) in [7, 11) is 0. The minimum Gasteiger partial charge on any atom is -0.436 e. The number of aromatic nitrogens is 1. The third kappa shape index (κ3) is 1.88. The number of halogens is 1. The van der Waals surface area contributed by atoms with Crippen molar-refractivity contribution in [1.29, 1.82) is 0 Å². The molecule has 0 aliphatic heterocycles. The van der Waals surface area contributed by atoms with Crippen LogP contribution in [0.3, 0.4) is 0 Å². The van der Waals surface area contributed by atoms with Gasteiger partial charge in [-0.25, -0.2) is 4.98 Å². The zero-order valence-corrected chi connectivity index (χ0v) is 11.4. The highest BCUT2D eigenvalue weighted by Gasteiger charge is 2.10. The number of nitrogens with two attached hydrogens (primary N) is 1. The van der Waals surface area contributed by atoms with Crippen LogP contribution in [0.25, 0.3) is 22.6 Å². The van der Waals surface area contributed by atoms with Crippen LogP contribution in [0.1, 0.15) is 5.56 Å². The van der Waals surface area contributed by atoms with Gasteiger partial charge >= 0.3 is 0 Å². The summed E-state index contributed by atoms with van der Waals surface area (Å²) < 4.78 is 6.81. The van der Waals surface area contributed by atoms with Crippen molar-refractivity contribution in [2.45, 2.75) is 6.92 Å². The summed E-state index contributed by atoms with van der Waals surface area (Å²) >= 11 is 3.46. The minimum absolute atomic E-state index is 0.617. The van der Waals surface area contributed by atoms with Crippen LogP contribution in [0.4, 0.5) is 5.69 Å². The van der Waals surface area contributed by atoms with Crippen molar-refractivity contribution >= 4 is 32.7 Å². The van der Waals surface area contributed by atoms with E-state index in [9.17, 15) is 0 Å². The zero-order valence-electron chi connectivity index (χ0n) is 9.77. The molecule has 1 aromatic heterocycles. The fourth-order valence-corrected chi connectivity index (χ4v) is 2.47. The van der Waals surface area contributed by atoms with Crippen molar-refractivity contribution in [1.82, 2.24) is 4.98 Å². The zero-order chi connectivity index (χ0) is 12.7. The molecular weight excluding hydrogens is 292 g/mol. The van der Waals surface area contributed by atoms with Crippen LogP contribution in [0.2, 0.25) is 0 Å². The number of benzene rings is 2. The van der Waals surface area contributed by atoms with Gasteiger partial charge in [-0.05, 0) is 48.9 Å². The average molecular weight is 303 g/mol. The van der Waals surface area contributed by atoms with Crippen molar-refractivity contribution in [3.63, 3.8) is 0 Å². The van der Waals surface area contributed by atoms with Crippen LogP contribution in [0.15, 0.2) is 45.3 Å². The second kappa shape index (κ2) is 4.14. The number of hydrogen-bond donors (Lipinski definition) is 1. The van der Waals surface area contributed by atoms with Gasteiger partial charge in [-0.15, -0.1) is 0 Å². The molecule has 3 rings (SSSR count). The number of nitrogens with zero attached hydrogens (tertiary/aromatic N) is 1. The molecule has 0 amide bonds. The van der Waals surface area contributed by atoms with E-state index in [0.29, 0.717) is 5.89 Å². The van der Waals surface area contributed by atoms with Gasteiger partial charge in [-0.3, -0.25) is 0 Å². The van der Waals surface area contributed by atoms with Crippen LogP contribution in [0, 0.1) is 6.92 Å². The van der Waals surface area contributed by atoms with Crippen molar-refractivity contribution < 1.29 is 4.42 Å². The molecule has 0 atom stereocenters. The van der Waals surface area contributed by atoms with E-state index in [2.05, 4.69) is 20.9 Å². The predicted molar refractivity (Wildman–Crippen MR) is 76.3 cm³/mol. The largest absolute Gasteiger partial charge is 0.436 e. The summed E-state index contributed by atoms with van der Waals surface area (Å²) in [5, 5.41) is 0. The maximum atomic E-state index is 5.81. The molecule has 3 nitrogen and oxygen atoms in total. The molecule has 0 spiro atoms. The van der Waals surface area contributed by atoms with Gasteiger partial charge in [0.15, 0.2) is 5.58 Å². The molecule has 0 fully saturated rings. The summed E-state index contributed by atoms with van der Waals surface area (Å²) in [6, 6.07) is 11.5. The average Bonchev–Trinajstić information content (AvgIpc) is 2.74. The van der Waals surface area contributed by atoms with E-state index in [-0.39, 0.29) is 0 Å². The van der Waals surface area contributed by atoms with Gasteiger partial charge in [0, 0.05) is 15.7 Å². The normalized spacial score (nSPS) is 11.0. The van der Waals surface area contributed by atoms with E-state index in [1.807, 2.05) is 43.3 Å². The van der Waals surface area contributed by atoms with E-state index >= 15 is 0 Å². The van der Waals surface area contributed by atoms with E-state index in [4.69, 9.17) is 10.2 Å². The molecule has 2 N–H and O–H groups in total. The standard InChI is InChI=1S/C14H11BrN2O/c1-8-6-10(15)7-12-13(8)18-14(17-12)9-2-4-11(16)5-3-9/h2-7H,16H2,1H3. The van der Waals surface area contributed by atoms with Crippen LogP contribution in [-0.4, -0.2) is 4.98 Å². The van der Waals surface area contributed by atoms with Gasteiger partial charge < -0.3 is 10.2 Å². The molecule has 2 aromatic carbocycles. The Labute approximate surface area is 113 Å². The second-order valence-corrected chi connectivity index (χ2v) is 5.13. The Morgan fingerprint density at radius 3 is 2.61 bits per heavy atom. The van der Waals surface area contributed by atoms with Crippen LogP contribution in [-0.2, 0) is 0 Å². The van der Waals surface area contributed by atoms with Gasteiger partial charge in [-0.1, -0.05) is 15.9 Å². The molecule has 0 unspecified atom stereocenters. The Bertz CT molecular complexity index is 716. The van der Waals surface area contributed by atoms with Gasteiger partial charge in [0.25, 0.3) is 0 Å². The molecule has 0 saturated carbocycles. The van der Waals surface area contributed by atoms with Crippen LogP contribution in [0.5, 0.6) is 0 Å². The van der Waals surface area contributed by atoms with Crippen molar-refractivity contribution in [3.05, 3.63) is 46.4 Å². The summed E-state index contributed by atoms with van der Waals surface area (Å²) in [5.41, 5.74) is 10.1. The number of nitrogen functional groups attached to an aromatic ring is 1. The lowest BCUT2D eigenvalue weighted by Gasteiger charge is -1.96. The maximum Gasteiger partial charge on any atom is 0.227 e. The van der Waals surface area contributed by atoms with Gasteiger partial charge in [0.2, 0.25) is 5.89 Å². The van der Waals surface area contributed by atoms with Crippen molar-refractivity contribution in [2.75, 3.05) is 5.73 Å². The smallest absolute Gasteiger partial charge is 0.227 e. The predicted octanol–water partition coefficient (Wildman–Crippen LogP) is 4.15. The Morgan fingerprint density at radius 2 is 1.89 bits per heavy atom. The number of aryl methyl sites for hydroxylation is 1. The number of hydrogen-bond acceptors (Lipinski definition) is 3. The lowest BCUT2D eigenvalue weighted by atomic mass is 10.2. The number of oxazole rings is 1. The molecule has 4 heteroatoms. The molecule has 0 radical (unpaired) electrons. The highest BCUT2D eigenvalue weighted by atomic mass is 79.9. The first kappa shape index (κ1) is 11.3. The number of anilines is 1. The third-order valence-corrected chi connectivity index (χ3v) is 3.26. The van der Waals surface area contributed by atoms with Gasteiger partial charge in [-0.2, -0.15) is 0 Å². The Morgan fingerprint density at radius 1 is 1.17 bits per heavy atom. The number of fused-ring (bicyclic) bond motifs is 1.